The van der Waals surface area contributed by atoms with Gasteiger partial charge in [-0.2, -0.15) is 0 Å². The number of hydrogen-bond acceptors (Lipinski definition) is 2. The van der Waals surface area contributed by atoms with Gasteiger partial charge in [-0.3, -0.25) is 0 Å². The highest BCUT2D eigenvalue weighted by Gasteiger charge is 2.22. The lowest BCUT2D eigenvalue weighted by Crippen LogP contribution is -1.90. The smallest absolute Gasteiger partial charge is 0.147 e. The Labute approximate surface area is 218 Å². The lowest BCUT2D eigenvalue weighted by molar-refractivity contribution is 0.616. The van der Waals surface area contributed by atoms with Gasteiger partial charge >= 0.3 is 0 Å². The summed E-state index contributed by atoms with van der Waals surface area (Å²) in [5, 5.41) is 2.80. The zero-order valence-electron chi connectivity index (χ0n) is 26.7. The van der Waals surface area contributed by atoms with Crippen LogP contribution in [-0.2, 0) is 0 Å². The number of furan rings is 2. The SMILES string of the molecule is [2H]c1c([2H])c([2H])c2c(-c3coc4ccc5c6ccccc6oc5c34)c3c([2H])c([2H])c([2H])c([2H])c3c(-c3ccccc3)c2c1[2H]. The first-order chi connectivity index (χ1) is 21.2. The Morgan fingerprint density at radius 2 is 1.17 bits per heavy atom. The van der Waals surface area contributed by atoms with E-state index in [1.165, 1.54) is 6.26 Å². The van der Waals surface area contributed by atoms with Gasteiger partial charge in [0, 0.05) is 21.9 Å². The van der Waals surface area contributed by atoms with Gasteiger partial charge in [0.05, 0.1) is 22.6 Å². The molecule has 6 aromatic carbocycles. The number of benzene rings is 6. The van der Waals surface area contributed by atoms with Crippen LogP contribution in [0.5, 0.6) is 0 Å². The Bertz CT molecular complexity index is 2450. The molecule has 0 N–H and O–H groups in total. The minimum absolute atomic E-state index is 0.128. The molecule has 8 aromatic rings. The Kier molecular flexibility index (Phi) is 2.71. The van der Waals surface area contributed by atoms with E-state index in [2.05, 4.69) is 0 Å². The van der Waals surface area contributed by atoms with Gasteiger partial charge in [0.25, 0.3) is 0 Å². The van der Waals surface area contributed by atoms with Crippen molar-refractivity contribution in [2.75, 3.05) is 0 Å². The molecular weight excluding hydrogens is 440 g/mol. The van der Waals surface area contributed by atoms with Crippen molar-refractivity contribution >= 4 is 54.5 Å². The van der Waals surface area contributed by atoms with Crippen LogP contribution in [0.25, 0.3) is 76.7 Å². The third kappa shape index (κ3) is 2.61. The van der Waals surface area contributed by atoms with Crippen LogP contribution in [0.15, 0.2) is 130 Å². The van der Waals surface area contributed by atoms with Crippen molar-refractivity contribution in [3.8, 4) is 22.3 Å². The normalized spacial score (nSPS) is 15.0. The first-order valence-electron chi connectivity index (χ1n) is 15.5. The van der Waals surface area contributed by atoms with Gasteiger partial charge in [0.2, 0.25) is 0 Å². The second kappa shape index (κ2) is 7.34. The quantitative estimate of drug-likeness (QED) is 0.236. The van der Waals surface area contributed by atoms with Crippen molar-refractivity contribution in [1.29, 1.82) is 0 Å². The number of hydrogen-bond donors (Lipinski definition) is 0. The lowest BCUT2D eigenvalue weighted by atomic mass is 9.86. The van der Waals surface area contributed by atoms with Crippen LogP contribution in [0.4, 0.5) is 0 Å². The number of fused-ring (bicyclic) bond motifs is 7. The molecule has 0 saturated heterocycles. The van der Waals surface area contributed by atoms with Gasteiger partial charge in [-0.05, 0) is 50.9 Å². The predicted octanol–water partition coefficient (Wildman–Crippen LogP) is 9.97. The molecule has 0 fully saturated rings. The van der Waals surface area contributed by atoms with E-state index >= 15 is 0 Å². The van der Waals surface area contributed by atoms with Gasteiger partial charge in [-0.1, -0.05) is 96.9 Å². The first kappa shape index (κ1) is 13.3. The molecule has 2 heteroatoms. The summed E-state index contributed by atoms with van der Waals surface area (Å²) < 4.78 is 83.2. The molecule has 0 bridgehead atoms. The van der Waals surface area contributed by atoms with Gasteiger partial charge < -0.3 is 8.83 Å². The van der Waals surface area contributed by atoms with Crippen LogP contribution in [-0.4, -0.2) is 0 Å². The van der Waals surface area contributed by atoms with Crippen molar-refractivity contribution in [1.82, 2.24) is 0 Å². The standard InChI is InChI=1S/C34H20O2/c1-2-10-21(11-3-1)31-23-13-4-6-15-25(23)32(26-16-7-5-14-24(26)31)28-20-35-30-19-18-27-22-12-8-9-17-29(22)36-34(27)33(28)30/h1-20H/i4D,5D,6D,7D,13D,14D,15D,16D. The summed E-state index contributed by atoms with van der Waals surface area (Å²) in [6.45, 7) is 0. The molecule has 0 aliphatic heterocycles. The molecule has 2 aromatic heterocycles. The highest BCUT2D eigenvalue weighted by Crippen LogP contribution is 2.47. The Balaban J connectivity index is 1.72. The van der Waals surface area contributed by atoms with Gasteiger partial charge in [0.15, 0.2) is 0 Å². The predicted molar refractivity (Wildman–Crippen MR) is 149 cm³/mol. The molecule has 0 unspecified atom stereocenters. The molecule has 0 spiro atoms. The minimum atomic E-state index is -0.454. The summed E-state index contributed by atoms with van der Waals surface area (Å²) >= 11 is 0. The van der Waals surface area contributed by atoms with Gasteiger partial charge in [0.1, 0.15) is 16.7 Å². The summed E-state index contributed by atoms with van der Waals surface area (Å²) in [5.41, 5.74) is 3.10. The van der Waals surface area contributed by atoms with Crippen LogP contribution in [0, 0.1) is 0 Å². The van der Waals surface area contributed by atoms with E-state index in [0.717, 1.165) is 10.8 Å². The molecule has 0 atom stereocenters. The van der Waals surface area contributed by atoms with Crippen LogP contribution in [0.1, 0.15) is 11.0 Å². The summed E-state index contributed by atoms with van der Waals surface area (Å²) in [5.74, 6) is 0. The maximum Gasteiger partial charge on any atom is 0.147 e. The maximum atomic E-state index is 9.15. The third-order valence-corrected chi connectivity index (χ3v) is 6.79. The van der Waals surface area contributed by atoms with Crippen molar-refractivity contribution in [3.05, 3.63) is 121 Å². The third-order valence-electron chi connectivity index (χ3n) is 6.79. The monoisotopic (exact) mass is 468 g/mol. The molecule has 0 aliphatic rings. The lowest BCUT2D eigenvalue weighted by Gasteiger charge is -2.17. The Morgan fingerprint density at radius 3 is 1.89 bits per heavy atom. The molecule has 0 saturated carbocycles. The minimum Gasteiger partial charge on any atom is -0.464 e. The molecule has 2 nitrogen and oxygen atoms in total. The highest BCUT2D eigenvalue weighted by atomic mass is 16.3. The number of rotatable bonds is 2. The first-order valence-corrected chi connectivity index (χ1v) is 11.5. The van der Waals surface area contributed by atoms with Gasteiger partial charge in [-0.25, -0.2) is 0 Å². The number of para-hydroxylation sites is 1. The van der Waals surface area contributed by atoms with Crippen LogP contribution in [0.2, 0.25) is 0 Å². The van der Waals surface area contributed by atoms with E-state index in [1.807, 2.05) is 36.4 Å². The molecule has 2 heterocycles. The fourth-order valence-corrected chi connectivity index (χ4v) is 5.28. The second-order valence-electron chi connectivity index (χ2n) is 8.68. The van der Waals surface area contributed by atoms with E-state index < -0.39 is 24.2 Å². The topological polar surface area (TPSA) is 26.3 Å². The fraction of sp³-hybridized carbons (Fsp3) is 0. The van der Waals surface area contributed by atoms with Crippen molar-refractivity contribution in [2.45, 2.75) is 0 Å². The summed E-state index contributed by atoms with van der Waals surface area (Å²) in [7, 11) is 0. The van der Waals surface area contributed by atoms with Crippen molar-refractivity contribution in [2.24, 2.45) is 0 Å². The molecule has 0 aliphatic carbocycles. The highest BCUT2D eigenvalue weighted by molar-refractivity contribution is 6.26. The maximum absolute atomic E-state index is 9.15. The van der Waals surface area contributed by atoms with Gasteiger partial charge in [-0.15, -0.1) is 0 Å². The molecule has 0 radical (unpaired) electrons. The van der Waals surface area contributed by atoms with Crippen LogP contribution >= 0.6 is 0 Å². The molecular formula is C34H20O2. The van der Waals surface area contributed by atoms with E-state index in [4.69, 9.17) is 19.8 Å². The summed E-state index contributed by atoms with van der Waals surface area (Å²) in [6.07, 6.45) is 1.47. The van der Waals surface area contributed by atoms with Crippen LogP contribution in [0.3, 0.4) is 0 Å². The molecule has 36 heavy (non-hydrogen) atoms. The average molecular weight is 469 g/mol. The zero-order chi connectivity index (χ0) is 30.6. The van der Waals surface area contributed by atoms with Crippen LogP contribution < -0.4 is 0 Å². The Morgan fingerprint density at radius 1 is 0.528 bits per heavy atom. The summed E-state index contributed by atoms with van der Waals surface area (Å²) in [4.78, 5) is 0. The van der Waals surface area contributed by atoms with Crippen molar-refractivity contribution in [3.63, 3.8) is 0 Å². The fourth-order valence-electron chi connectivity index (χ4n) is 5.28. The second-order valence-corrected chi connectivity index (χ2v) is 8.68. The summed E-state index contributed by atoms with van der Waals surface area (Å²) in [6, 6.07) is 17.1. The van der Waals surface area contributed by atoms with E-state index in [9.17, 15) is 0 Å². The van der Waals surface area contributed by atoms with Crippen molar-refractivity contribution < 1.29 is 19.8 Å². The zero-order valence-corrected chi connectivity index (χ0v) is 18.7. The molecule has 8 rings (SSSR count). The van der Waals surface area contributed by atoms with E-state index in [0.29, 0.717) is 38.8 Å². The van der Waals surface area contributed by atoms with E-state index in [1.54, 1.807) is 30.3 Å². The molecule has 168 valence electrons. The largest absolute Gasteiger partial charge is 0.464 e. The average Bonchev–Trinajstić information content (AvgIpc) is 3.65. The Hall–Kier alpha value is -4.82. The molecule has 0 amide bonds. The van der Waals surface area contributed by atoms with E-state index in [-0.39, 0.29) is 51.3 Å².